The zero-order valence-electron chi connectivity index (χ0n) is 12.4. The number of hydrogen-bond acceptors (Lipinski definition) is 2. The summed E-state index contributed by atoms with van der Waals surface area (Å²) in [6.45, 7) is 0.976. The summed E-state index contributed by atoms with van der Waals surface area (Å²) in [5, 5.41) is 14.7. The normalized spacial score (nSPS) is 33.6. The molecule has 3 unspecified atom stereocenters. The molecule has 2 saturated carbocycles. The molecule has 3 atom stereocenters. The molecule has 1 aromatic carbocycles. The highest BCUT2D eigenvalue weighted by molar-refractivity contribution is 5.15. The summed E-state index contributed by atoms with van der Waals surface area (Å²) in [7, 11) is 0. The Hall–Kier alpha value is -0.860. The summed E-state index contributed by atoms with van der Waals surface area (Å²) in [5.41, 5.74) is 0.954. The van der Waals surface area contributed by atoms with Crippen molar-refractivity contribution in [3.05, 3.63) is 35.9 Å². The predicted molar refractivity (Wildman–Crippen MR) is 82.7 cm³/mol. The zero-order valence-corrected chi connectivity index (χ0v) is 12.4. The lowest BCUT2D eigenvalue weighted by Gasteiger charge is -2.49. The Labute approximate surface area is 122 Å². The minimum absolute atomic E-state index is 0.310. The van der Waals surface area contributed by atoms with Gasteiger partial charge in [-0.1, -0.05) is 49.6 Å². The van der Waals surface area contributed by atoms with Crippen LogP contribution < -0.4 is 5.32 Å². The third-order valence-corrected chi connectivity index (χ3v) is 5.38. The second-order valence-corrected chi connectivity index (χ2v) is 6.61. The van der Waals surface area contributed by atoms with Crippen LogP contribution in [0.5, 0.6) is 0 Å². The molecule has 2 aliphatic carbocycles. The molecule has 2 aliphatic rings. The van der Waals surface area contributed by atoms with Crippen molar-refractivity contribution in [3.8, 4) is 0 Å². The minimum Gasteiger partial charge on any atom is -0.388 e. The van der Waals surface area contributed by atoms with Crippen molar-refractivity contribution < 1.29 is 5.11 Å². The van der Waals surface area contributed by atoms with E-state index in [2.05, 4.69) is 35.6 Å². The van der Waals surface area contributed by atoms with Crippen molar-refractivity contribution in [1.82, 2.24) is 5.32 Å². The fourth-order valence-electron chi connectivity index (χ4n) is 4.24. The summed E-state index contributed by atoms with van der Waals surface area (Å²) in [5.74, 6) is 0.541. The topological polar surface area (TPSA) is 32.3 Å². The Kier molecular flexibility index (Phi) is 4.42. The number of rotatable bonds is 4. The zero-order chi connectivity index (χ0) is 13.8. The maximum absolute atomic E-state index is 11.1. The molecule has 3 rings (SSSR count). The molecule has 0 aromatic heterocycles. The van der Waals surface area contributed by atoms with E-state index < -0.39 is 5.60 Å². The van der Waals surface area contributed by atoms with Crippen LogP contribution in [0, 0.1) is 5.92 Å². The minimum atomic E-state index is -0.423. The van der Waals surface area contributed by atoms with Gasteiger partial charge in [0.25, 0.3) is 0 Å². The van der Waals surface area contributed by atoms with Gasteiger partial charge in [0.15, 0.2) is 0 Å². The molecule has 2 N–H and O–H groups in total. The summed E-state index contributed by atoms with van der Waals surface area (Å²) >= 11 is 0. The molecule has 0 bridgehead atoms. The second kappa shape index (κ2) is 6.28. The van der Waals surface area contributed by atoms with Gasteiger partial charge >= 0.3 is 0 Å². The predicted octanol–water partition coefficient (Wildman–Crippen LogP) is 3.29. The summed E-state index contributed by atoms with van der Waals surface area (Å²) in [6.07, 6.45) is 9.44. The van der Waals surface area contributed by atoms with Gasteiger partial charge in [0.2, 0.25) is 0 Å². The lowest BCUT2D eigenvalue weighted by molar-refractivity contribution is -0.0983. The van der Waals surface area contributed by atoms with Crippen LogP contribution in [0.25, 0.3) is 0 Å². The van der Waals surface area contributed by atoms with Gasteiger partial charge in [-0.3, -0.25) is 0 Å². The van der Waals surface area contributed by atoms with E-state index in [9.17, 15) is 5.11 Å². The third kappa shape index (κ3) is 2.91. The van der Waals surface area contributed by atoms with Crippen LogP contribution in [-0.4, -0.2) is 23.3 Å². The van der Waals surface area contributed by atoms with Crippen LogP contribution >= 0.6 is 0 Å². The first kappa shape index (κ1) is 14.1. The van der Waals surface area contributed by atoms with Crippen LogP contribution in [0.15, 0.2) is 30.3 Å². The van der Waals surface area contributed by atoms with Crippen LogP contribution in [0.4, 0.5) is 0 Å². The van der Waals surface area contributed by atoms with Crippen LogP contribution in [0.3, 0.4) is 0 Å². The van der Waals surface area contributed by atoms with E-state index in [-0.39, 0.29) is 0 Å². The van der Waals surface area contributed by atoms with Gasteiger partial charge in [0.1, 0.15) is 0 Å². The number of fused-ring (bicyclic) bond motifs is 1. The first-order chi connectivity index (χ1) is 9.79. The van der Waals surface area contributed by atoms with Crippen LogP contribution in [0.2, 0.25) is 0 Å². The van der Waals surface area contributed by atoms with Crippen molar-refractivity contribution in [2.75, 3.05) is 6.54 Å². The van der Waals surface area contributed by atoms with E-state index in [0.717, 1.165) is 25.8 Å². The van der Waals surface area contributed by atoms with Crippen molar-refractivity contribution in [3.63, 3.8) is 0 Å². The van der Waals surface area contributed by atoms with E-state index in [1.54, 1.807) is 0 Å². The Balaban J connectivity index is 1.56. The van der Waals surface area contributed by atoms with Crippen LogP contribution in [-0.2, 0) is 6.42 Å². The summed E-state index contributed by atoms with van der Waals surface area (Å²) in [6, 6.07) is 10.9. The largest absolute Gasteiger partial charge is 0.388 e. The summed E-state index contributed by atoms with van der Waals surface area (Å²) < 4.78 is 0. The van der Waals surface area contributed by atoms with Gasteiger partial charge in [-0.05, 0) is 50.1 Å². The molecule has 0 aliphatic heterocycles. The highest BCUT2D eigenvalue weighted by Crippen LogP contribution is 2.43. The average Bonchev–Trinajstić information content (AvgIpc) is 2.49. The molecule has 0 saturated heterocycles. The quantitative estimate of drug-likeness (QED) is 0.882. The van der Waals surface area contributed by atoms with Gasteiger partial charge in [-0.25, -0.2) is 0 Å². The molecule has 2 nitrogen and oxygen atoms in total. The number of nitrogens with one attached hydrogen (secondary N) is 1. The molecule has 2 fully saturated rings. The van der Waals surface area contributed by atoms with Crippen molar-refractivity contribution >= 4 is 0 Å². The highest BCUT2D eigenvalue weighted by Gasteiger charge is 2.46. The lowest BCUT2D eigenvalue weighted by Crippen LogP contribution is -2.59. The smallest absolute Gasteiger partial charge is 0.0827 e. The van der Waals surface area contributed by atoms with E-state index >= 15 is 0 Å². The Morgan fingerprint density at radius 2 is 1.85 bits per heavy atom. The van der Waals surface area contributed by atoms with E-state index in [1.165, 1.54) is 37.7 Å². The standard InChI is InChI=1S/C18H27NO/c20-18-13-5-4-9-16(18)10-6-11-17(18)19-14-12-15-7-2-1-3-8-15/h1-3,7-8,16-17,19-20H,4-6,9-14H2. The van der Waals surface area contributed by atoms with Gasteiger partial charge in [0.05, 0.1) is 5.60 Å². The molecule has 0 heterocycles. The first-order valence-corrected chi connectivity index (χ1v) is 8.29. The Morgan fingerprint density at radius 1 is 1.05 bits per heavy atom. The number of aliphatic hydroxyl groups is 1. The molecule has 0 spiro atoms. The molecule has 2 heteroatoms. The molecular weight excluding hydrogens is 246 g/mol. The van der Waals surface area contributed by atoms with E-state index in [4.69, 9.17) is 0 Å². The SMILES string of the molecule is OC12CCCCC1CCCC2NCCc1ccccc1. The fraction of sp³-hybridized carbons (Fsp3) is 0.667. The molecular formula is C18H27NO. The monoisotopic (exact) mass is 273 g/mol. The Morgan fingerprint density at radius 3 is 2.70 bits per heavy atom. The Bertz CT molecular complexity index is 417. The van der Waals surface area contributed by atoms with E-state index in [0.29, 0.717) is 12.0 Å². The molecule has 110 valence electrons. The van der Waals surface area contributed by atoms with Crippen molar-refractivity contribution in [1.29, 1.82) is 0 Å². The number of hydrogen-bond donors (Lipinski definition) is 2. The number of benzene rings is 1. The average molecular weight is 273 g/mol. The molecule has 0 amide bonds. The van der Waals surface area contributed by atoms with Crippen LogP contribution in [0.1, 0.15) is 50.5 Å². The maximum atomic E-state index is 11.1. The van der Waals surface area contributed by atoms with Gasteiger partial charge in [-0.15, -0.1) is 0 Å². The summed E-state index contributed by atoms with van der Waals surface area (Å²) in [4.78, 5) is 0. The molecule has 1 aromatic rings. The van der Waals surface area contributed by atoms with Crippen molar-refractivity contribution in [2.45, 2.75) is 63.0 Å². The maximum Gasteiger partial charge on any atom is 0.0827 e. The molecule has 0 radical (unpaired) electrons. The van der Waals surface area contributed by atoms with Gasteiger partial charge in [-0.2, -0.15) is 0 Å². The lowest BCUT2D eigenvalue weighted by atomic mass is 9.65. The van der Waals surface area contributed by atoms with E-state index in [1.807, 2.05) is 0 Å². The van der Waals surface area contributed by atoms with Gasteiger partial charge in [0, 0.05) is 6.04 Å². The van der Waals surface area contributed by atoms with Gasteiger partial charge < -0.3 is 10.4 Å². The highest BCUT2D eigenvalue weighted by atomic mass is 16.3. The fourth-order valence-corrected chi connectivity index (χ4v) is 4.24. The third-order valence-electron chi connectivity index (χ3n) is 5.38. The molecule has 20 heavy (non-hydrogen) atoms. The second-order valence-electron chi connectivity index (χ2n) is 6.61. The first-order valence-electron chi connectivity index (χ1n) is 8.29. The van der Waals surface area contributed by atoms with Crippen molar-refractivity contribution in [2.24, 2.45) is 5.92 Å².